The minimum atomic E-state index is -0.886. The number of hydrogen-bond acceptors (Lipinski definition) is 4. The molecule has 1 saturated carbocycles. The Hall–Kier alpha value is -1.79. The Kier molecular flexibility index (Phi) is 4.11. The minimum Gasteiger partial charge on any atom is -0.409 e. The van der Waals surface area contributed by atoms with Crippen LogP contribution >= 0.6 is 0 Å². The third-order valence-electron chi connectivity index (χ3n) is 5.00. The molecule has 2 amide bonds. The average molecular weight is 296 g/mol. The minimum absolute atomic E-state index is 0.00135. The Morgan fingerprint density at radius 2 is 1.90 bits per heavy atom. The first-order valence-corrected chi connectivity index (χ1v) is 7.39. The van der Waals surface area contributed by atoms with E-state index in [9.17, 15) is 9.59 Å². The number of likely N-dealkylation sites (tertiary alicyclic amines) is 1. The lowest BCUT2D eigenvalue weighted by atomic mass is 9.83. The van der Waals surface area contributed by atoms with Crippen LogP contribution in [0.5, 0.6) is 0 Å². The van der Waals surface area contributed by atoms with Gasteiger partial charge in [-0.1, -0.05) is 18.0 Å². The number of nitrogens with two attached hydrogens (primary N) is 1. The van der Waals surface area contributed by atoms with Gasteiger partial charge in [-0.25, -0.2) is 0 Å². The van der Waals surface area contributed by atoms with Crippen LogP contribution in [0.2, 0.25) is 0 Å². The molecule has 0 radical (unpaired) electrons. The average Bonchev–Trinajstić information content (AvgIpc) is 3.13. The van der Waals surface area contributed by atoms with Gasteiger partial charge in [-0.2, -0.15) is 0 Å². The SMILES string of the molecule is CNC(=O)C1(C)CCN(C(=O)C2(C(N)=NO)CCCC2)C1. The molecule has 1 aliphatic carbocycles. The van der Waals surface area contributed by atoms with Crippen LogP contribution in [0.3, 0.4) is 0 Å². The molecule has 7 nitrogen and oxygen atoms in total. The van der Waals surface area contributed by atoms with E-state index in [0.29, 0.717) is 32.4 Å². The first-order chi connectivity index (χ1) is 9.89. The summed E-state index contributed by atoms with van der Waals surface area (Å²) >= 11 is 0. The van der Waals surface area contributed by atoms with Crippen LogP contribution in [0.1, 0.15) is 39.0 Å². The van der Waals surface area contributed by atoms with Gasteiger partial charge in [-0.3, -0.25) is 9.59 Å². The van der Waals surface area contributed by atoms with Crippen molar-refractivity contribution >= 4 is 17.6 Å². The fraction of sp³-hybridized carbons (Fsp3) is 0.786. The molecular weight excluding hydrogens is 272 g/mol. The molecule has 1 atom stereocenters. The van der Waals surface area contributed by atoms with E-state index in [1.807, 2.05) is 6.92 Å². The third kappa shape index (κ3) is 2.45. The molecule has 2 rings (SSSR count). The zero-order valence-corrected chi connectivity index (χ0v) is 12.7. The molecule has 1 unspecified atom stereocenters. The summed E-state index contributed by atoms with van der Waals surface area (Å²) in [5.74, 6) is -0.163. The van der Waals surface area contributed by atoms with Crippen molar-refractivity contribution in [1.29, 1.82) is 0 Å². The molecule has 0 spiro atoms. The summed E-state index contributed by atoms with van der Waals surface area (Å²) in [6.45, 7) is 2.78. The lowest BCUT2D eigenvalue weighted by Gasteiger charge is -2.32. The predicted molar refractivity (Wildman–Crippen MR) is 77.7 cm³/mol. The molecule has 0 bridgehead atoms. The highest BCUT2D eigenvalue weighted by Gasteiger charge is 2.51. The summed E-state index contributed by atoms with van der Waals surface area (Å²) in [7, 11) is 1.60. The van der Waals surface area contributed by atoms with Gasteiger partial charge in [0.25, 0.3) is 0 Å². The second kappa shape index (κ2) is 5.54. The van der Waals surface area contributed by atoms with Crippen molar-refractivity contribution in [2.75, 3.05) is 20.1 Å². The van der Waals surface area contributed by atoms with Crippen molar-refractivity contribution < 1.29 is 14.8 Å². The van der Waals surface area contributed by atoms with Gasteiger partial charge >= 0.3 is 0 Å². The third-order valence-corrected chi connectivity index (χ3v) is 5.00. The summed E-state index contributed by atoms with van der Waals surface area (Å²) < 4.78 is 0. The molecular formula is C14H24N4O3. The van der Waals surface area contributed by atoms with Gasteiger partial charge in [-0.15, -0.1) is 0 Å². The molecule has 2 fully saturated rings. The van der Waals surface area contributed by atoms with E-state index in [0.717, 1.165) is 12.8 Å². The largest absolute Gasteiger partial charge is 0.409 e. The maximum atomic E-state index is 12.9. The fourth-order valence-corrected chi connectivity index (χ4v) is 3.58. The van der Waals surface area contributed by atoms with E-state index in [2.05, 4.69) is 10.5 Å². The highest BCUT2D eigenvalue weighted by molar-refractivity contribution is 6.07. The standard InChI is InChI=1S/C14H24N4O3/c1-13(11(19)16-2)7-8-18(9-13)12(20)14(10(15)17-21)5-3-4-6-14/h21H,3-9H2,1-2H3,(H2,15,17)(H,16,19). The maximum Gasteiger partial charge on any atom is 0.236 e. The number of carbonyl (C=O) groups is 2. The first-order valence-electron chi connectivity index (χ1n) is 7.39. The van der Waals surface area contributed by atoms with Crippen LogP contribution in [-0.4, -0.2) is 47.9 Å². The Morgan fingerprint density at radius 3 is 2.43 bits per heavy atom. The zero-order valence-electron chi connectivity index (χ0n) is 12.7. The zero-order chi connectivity index (χ0) is 15.7. The van der Waals surface area contributed by atoms with Crippen molar-refractivity contribution in [1.82, 2.24) is 10.2 Å². The van der Waals surface area contributed by atoms with Crippen molar-refractivity contribution in [2.45, 2.75) is 39.0 Å². The molecule has 1 aliphatic heterocycles. The van der Waals surface area contributed by atoms with Crippen LogP contribution in [-0.2, 0) is 9.59 Å². The Labute approximate surface area is 124 Å². The van der Waals surface area contributed by atoms with Crippen molar-refractivity contribution in [2.24, 2.45) is 21.7 Å². The summed E-state index contributed by atoms with van der Waals surface area (Å²) in [5, 5.41) is 14.8. The van der Waals surface area contributed by atoms with Crippen molar-refractivity contribution in [3.8, 4) is 0 Å². The molecule has 1 saturated heterocycles. The Morgan fingerprint density at radius 1 is 1.29 bits per heavy atom. The number of rotatable bonds is 3. The maximum absolute atomic E-state index is 12.9. The number of amides is 2. The molecule has 0 aromatic rings. The second-order valence-electron chi connectivity index (χ2n) is 6.39. The van der Waals surface area contributed by atoms with Gasteiger partial charge in [0.2, 0.25) is 11.8 Å². The summed E-state index contributed by atoms with van der Waals surface area (Å²) in [4.78, 5) is 26.5. The van der Waals surface area contributed by atoms with Gasteiger partial charge in [-0.05, 0) is 26.2 Å². The van der Waals surface area contributed by atoms with E-state index < -0.39 is 10.8 Å². The number of nitrogens with zero attached hydrogens (tertiary/aromatic N) is 2. The number of hydrogen-bond donors (Lipinski definition) is 3. The molecule has 7 heteroatoms. The van der Waals surface area contributed by atoms with Crippen LogP contribution in [0.4, 0.5) is 0 Å². The van der Waals surface area contributed by atoms with Crippen molar-refractivity contribution in [3.63, 3.8) is 0 Å². The lowest BCUT2D eigenvalue weighted by molar-refractivity contribution is -0.138. The van der Waals surface area contributed by atoms with Crippen LogP contribution < -0.4 is 11.1 Å². The number of amidine groups is 1. The highest BCUT2D eigenvalue weighted by atomic mass is 16.4. The highest BCUT2D eigenvalue weighted by Crippen LogP contribution is 2.42. The topological polar surface area (TPSA) is 108 Å². The molecule has 1 heterocycles. The molecule has 2 aliphatic rings. The van der Waals surface area contributed by atoms with E-state index in [4.69, 9.17) is 10.9 Å². The Bertz CT molecular complexity index is 471. The van der Waals surface area contributed by atoms with E-state index in [1.165, 1.54) is 0 Å². The smallest absolute Gasteiger partial charge is 0.236 e. The lowest BCUT2D eigenvalue weighted by Crippen LogP contribution is -2.50. The number of nitrogens with one attached hydrogen (secondary N) is 1. The summed E-state index contributed by atoms with van der Waals surface area (Å²) in [6, 6.07) is 0. The monoisotopic (exact) mass is 296 g/mol. The van der Waals surface area contributed by atoms with Gasteiger partial charge in [0.15, 0.2) is 5.84 Å². The van der Waals surface area contributed by atoms with Gasteiger partial charge < -0.3 is 21.2 Å². The summed E-state index contributed by atoms with van der Waals surface area (Å²) in [5.41, 5.74) is 4.36. The van der Waals surface area contributed by atoms with Crippen LogP contribution in [0.15, 0.2) is 5.16 Å². The predicted octanol–water partition coefficient (Wildman–Crippen LogP) is 0.278. The van der Waals surface area contributed by atoms with Crippen LogP contribution in [0.25, 0.3) is 0 Å². The molecule has 21 heavy (non-hydrogen) atoms. The molecule has 0 aromatic heterocycles. The van der Waals surface area contributed by atoms with E-state index >= 15 is 0 Å². The second-order valence-corrected chi connectivity index (χ2v) is 6.39. The Balaban J connectivity index is 2.19. The molecule has 4 N–H and O–H groups in total. The normalized spacial score (nSPS) is 28.7. The van der Waals surface area contributed by atoms with Crippen molar-refractivity contribution in [3.05, 3.63) is 0 Å². The van der Waals surface area contributed by atoms with Gasteiger partial charge in [0.1, 0.15) is 5.41 Å². The van der Waals surface area contributed by atoms with E-state index in [-0.39, 0.29) is 17.6 Å². The van der Waals surface area contributed by atoms with E-state index in [1.54, 1.807) is 11.9 Å². The number of carbonyl (C=O) groups excluding carboxylic acids is 2. The molecule has 118 valence electrons. The summed E-state index contributed by atoms with van der Waals surface area (Å²) in [6.07, 6.45) is 3.62. The molecule has 0 aromatic carbocycles. The fourth-order valence-electron chi connectivity index (χ4n) is 3.58. The van der Waals surface area contributed by atoms with Gasteiger partial charge in [0, 0.05) is 20.1 Å². The number of oxime groups is 1. The van der Waals surface area contributed by atoms with Gasteiger partial charge in [0.05, 0.1) is 5.41 Å². The first kappa shape index (κ1) is 15.6. The van der Waals surface area contributed by atoms with Crippen LogP contribution in [0, 0.1) is 10.8 Å². The quantitative estimate of drug-likeness (QED) is 0.301.